The topological polar surface area (TPSA) is 65.0 Å². The molecular formula is C24H30O5. The summed E-state index contributed by atoms with van der Waals surface area (Å²) in [6, 6.07) is 4.14. The van der Waals surface area contributed by atoms with E-state index in [9.17, 15) is 9.90 Å². The van der Waals surface area contributed by atoms with Crippen molar-refractivity contribution in [3.05, 3.63) is 40.1 Å². The molecule has 5 rings (SSSR count). The number of hydrogen-bond acceptors (Lipinski definition) is 5. The summed E-state index contributed by atoms with van der Waals surface area (Å²) in [4.78, 5) is 13.7. The maximum atomic E-state index is 13.7. The van der Waals surface area contributed by atoms with Crippen LogP contribution in [0.15, 0.2) is 17.9 Å². The number of aliphatic hydroxyl groups excluding tert-OH is 1. The summed E-state index contributed by atoms with van der Waals surface area (Å²) in [5.41, 5.74) is 3.69. The largest absolute Gasteiger partial charge is 0.511 e. The molecule has 3 heterocycles. The number of Topliss-reactive ketones (excluding diaryl/α,β-unsaturated/α-hetero) is 1. The second kappa shape index (κ2) is 6.16. The van der Waals surface area contributed by atoms with E-state index in [1.165, 1.54) is 0 Å². The number of aliphatic hydroxyl groups is 1. The molecule has 1 aliphatic carbocycles. The molecule has 4 atom stereocenters. The Morgan fingerprint density at radius 3 is 2.31 bits per heavy atom. The molecule has 156 valence electrons. The number of ether oxygens (including phenoxy) is 3. The van der Waals surface area contributed by atoms with Gasteiger partial charge in [0.15, 0.2) is 12.1 Å². The van der Waals surface area contributed by atoms with Crippen molar-refractivity contribution in [2.45, 2.75) is 65.5 Å². The van der Waals surface area contributed by atoms with E-state index in [-0.39, 0.29) is 29.0 Å². The van der Waals surface area contributed by atoms with Gasteiger partial charge in [0.1, 0.15) is 11.4 Å². The molecule has 0 saturated carbocycles. The van der Waals surface area contributed by atoms with Crippen molar-refractivity contribution in [1.82, 2.24) is 0 Å². The molecule has 5 heteroatoms. The molecule has 2 bridgehead atoms. The van der Waals surface area contributed by atoms with E-state index in [4.69, 9.17) is 14.2 Å². The summed E-state index contributed by atoms with van der Waals surface area (Å²) in [6.45, 7) is 11.4. The van der Waals surface area contributed by atoms with Gasteiger partial charge in [0, 0.05) is 5.41 Å². The Morgan fingerprint density at radius 2 is 1.69 bits per heavy atom. The highest BCUT2D eigenvalue weighted by atomic mass is 16.7. The first-order valence-electron chi connectivity index (χ1n) is 10.6. The van der Waals surface area contributed by atoms with Gasteiger partial charge >= 0.3 is 0 Å². The second-order valence-corrected chi connectivity index (χ2v) is 10.2. The molecule has 0 amide bonds. The van der Waals surface area contributed by atoms with Crippen LogP contribution in [0.3, 0.4) is 0 Å². The summed E-state index contributed by atoms with van der Waals surface area (Å²) in [7, 11) is 0. The lowest BCUT2D eigenvalue weighted by molar-refractivity contribution is -0.291. The summed E-state index contributed by atoms with van der Waals surface area (Å²) >= 11 is 0. The summed E-state index contributed by atoms with van der Waals surface area (Å²) in [5.74, 6) is -0.574. The third-order valence-corrected chi connectivity index (χ3v) is 7.15. The van der Waals surface area contributed by atoms with Gasteiger partial charge < -0.3 is 19.3 Å². The van der Waals surface area contributed by atoms with Crippen LogP contribution in [0.2, 0.25) is 0 Å². The average Bonchev–Trinajstić information content (AvgIpc) is 3.27. The number of benzene rings is 1. The first-order chi connectivity index (χ1) is 13.6. The zero-order valence-corrected chi connectivity index (χ0v) is 17.9. The van der Waals surface area contributed by atoms with Crippen LogP contribution in [0.5, 0.6) is 0 Å². The van der Waals surface area contributed by atoms with Crippen molar-refractivity contribution in [1.29, 1.82) is 0 Å². The predicted molar refractivity (Wildman–Crippen MR) is 108 cm³/mol. The first-order valence-corrected chi connectivity index (χ1v) is 10.6. The lowest BCUT2D eigenvalue weighted by Crippen LogP contribution is -2.55. The minimum atomic E-state index is -0.800. The van der Waals surface area contributed by atoms with Crippen LogP contribution in [-0.2, 0) is 19.0 Å². The van der Waals surface area contributed by atoms with E-state index >= 15 is 0 Å². The third kappa shape index (κ3) is 2.60. The second-order valence-electron chi connectivity index (χ2n) is 10.2. The Labute approximate surface area is 172 Å². The van der Waals surface area contributed by atoms with Crippen LogP contribution in [0, 0.1) is 38.0 Å². The van der Waals surface area contributed by atoms with Crippen LogP contribution >= 0.6 is 0 Å². The number of aryl methyl sites for hydroxylation is 3. The molecule has 1 aromatic carbocycles. The highest BCUT2D eigenvalue weighted by Crippen LogP contribution is 2.61. The van der Waals surface area contributed by atoms with Crippen molar-refractivity contribution in [2.75, 3.05) is 13.2 Å². The van der Waals surface area contributed by atoms with Gasteiger partial charge in [-0.25, -0.2) is 0 Å². The number of rotatable bonds is 2. The molecule has 1 aromatic rings. The zero-order valence-electron chi connectivity index (χ0n) is 17.9. The van der Waals surface area contributed by atoms with Crippen molar-refractivity contribution in [3.8, 4) is 0 Å². The molecule has 3 fully saturated rings. The van der Waals surface area contributed by atoms with Crippen molar-refractivity contribution < 1.29 is 24.1 Å². The van der Waals surface area contributed by atoms with Crippen molar-refractivity contribution in [2.24, 2.45) is 17.3 Å². The lowest BCUT2D eigenvalue weighted by atomic mass is 9.71. The summed E-state index contributed by atoms with van der Waals surface area (Å²) in [6.07, 6.45) is 0.813. The highest BCUT2D eigenvalue weighted by molar-refractivity contribution is 6.26. The van der Waals surface area contributed by atoms with E-state index in [2.05, 4.69) is 26.0 Å². The van der Waals surface area contributed by atoms with Gasteiger partial charge in [-0.05, 0) is 50.3 Å². The minimum absolute atomic E-state index is 0.0261. The van der Waals surface area contributed by atoms with Gasteiger partial charge in [-0.1, -0.05) is 31.5 Å². The fourth-order valence-corrected chi connectivity index (χ4v) is 6.06. The van der Waals surface area contributed by atoms with E-state index in [0.29, 0.717) is 18.8 Å². The number of allylic oxidation sites excluding steroid dienone is 1. The molecule has 3 aliphatic heterocycles. The predicted octanol–water partition coefficient (Wildman–Crippen LogP) is 4.03. The number of fused-ring (bicyclic) bond motifs is 5. The third-order valence-electron chi connectivity index (χ3n) is 7.15. The van der Waals surface area contributed by atoms with Crippen LogP contribution in [0.1, 0.15) is 48.9 Å². The number of carbonyl (C=O) groups is 1. The fraction of sp³-hybridized carbons (Fsp3) is 0.625. The Hall–Kier alpha value is -1.69. The van der Waals surface area contributed by atoms with E-state index in [1.807, 2.05) is 20.8 Å². The van der Waals surface area contributed by atoms with E-state index in [1.54, 1.807) is 0 Å². The van der Waals surface area contributed by atoms with Gasteiger partial charge in [0.25, 0.3) is 0 Å². The average molecular weight is 398 g/mol. The monoisotopic (exact) mass is 398 g/mol. The van der Waals surface area contributed by atoms with Gasteiger partial charge in [0.2, 0.25) is 0 Å². The first kappa shape index (κ1) is 19.3. The lowest BCUT2D eigenvalue weighted by Gasteiger charge is -2.44. The summed E-state index contributed by atoms with van der Waals surface area (Å²) < 4.78 is 18.6. The quantitative estimate of drug-likeness (QED) is 0.815. The fourth-order valence-electron chi connectivity index (χ4n) is 6.06. The molecule has 29 heavy (non-hydrogen) atoms. The van der Waals surface area contributed by atoms with Gasteiger partial charge in [-0.3, -0.25) is 4.79 Å². The van der Waals surface area contributed by atoms with Crippen LogP contribution in [0.25, 0.3) is 5.57 Å². The standard InChI is InChI=1S/C24H30O5/c1-12-8-13(2)16(14(3)9-12)18-20(25)17-15-6-7-24(29-15,19(17)21(18)26)22-27-10-23(4,5)11-28-22/h8-9,15,17,19,22,25H,6-7,10-11H2,1-5H3/t15-,17-,19+,24+/m0/s1. The van der Waals surface area contributed by atoms with Gasteiger partial charge in [-0.15, -0.1) is 0 Å². The molecule has 3 saturated heterocycles. The Balaban J connectivity index is 1.55. The number of hydrogen-bond donors (Lipinski definition) is 1. The van der Waals surface area contributed by atoms with E-state index in [0.717, 1.165) is 35.1 Å². The van der Waals surface area contributed by atoms with Crippen molar-refractivity contribution >= 4 is 11.4 Å². The van der Waals surface area contributed by atoms with Crippen LogP contribution < -0.4 is 0 Å². The Bertz CT molecular complexity index is 896. The summed E-state index contributed by atoms with van der Waals surface area (Å²) in [5, 5.41) is 11.2. The maximum absolute atomic E-state index is 13.7. The molecule has 0 unspecified atom stereocenters. The van der Waals surface area contributed by atoms with Crippen molar-refractivity contribution in [3.63, 3.8) is 0 Å². The molecular weight excluding hydrogens is 368 g/mol. The maximum Gasteiger partial charge on any atom is 0.187 e. The zero-order chi connectivity index (χ0) is 20.7. The molecule has 1 N–H and O–H groups in total. The molecule has 0 radical (unpaired) electrons. The molecule has 0 aromatic heterocycles. The highest BCUT2D eigenvalue weighted by Gasteiger charge is 2.70. The number of carbonyl (C=O) groups excluding carboxylic acids is 1. The SMILES string of the molecule is Cc1cc(C)c(C2=C(O)[C@H]3[C@@H]4CC[C@@](C5OCC(C)(C)CO5)(O4)[C@H]3C2=O)c(C)c1. The van der Waals surface area contributed by atoms with Crippen LogP contribution in [0.4, 0.5) is 0 Å². The van der Waals surface area contributed by atoms with Gasteiger partial charge in [0.05, 0.1) is 36.7 Å². The van der Waals surface area contributed by atoms with Gasteiger partial charge in [-0.2, -0.15) is 0 Å². The number of ketones is 1. The Kier molecular flexibility index (Phi) is 4.10. The Morgan fingerprint density at radius 1 is 1.07 bits per heavy atom. The normalized spacial score (nSPS) is 36.2. The van der Waals surface area contributed by atoms with E-state index < -0.39 is 17.8 Å². The van der Waals surface area contributed by atoms with Crippen LogP contribution in [-0.4, -0.2) is 42.1 Å². The smallest absolute Gasteiger partial charge is 0.187 e. The molecule has 0 spiro atoms. The molecule has 4 aliphatic rings. The molecule has 5 nitrogen and oxygen atoms in total. The minimum Gasteiger partial charge on any atom is -0.511 e.